The molecule has 0 saturated heterocycles. The molecule has 1 heterocycles. The standard InChI is InChI=1S/C10H13NO/c1-7(2)4-5-9-8(3)6-10(12)11-9/h4-5H,1,6H2,2-3H3,(H,11,12)/b5-4-. The Labute approximate surface area is 72.7 Å². The van der Waals surface area contributed by atoms with Gasteiger partial charge in [-0.25, -0.2) is 0 Å². The molecule has 64 valence electrons. The first-order valence-electron chi connectivity index (χ1n) is 3.93. The van der Waals surface area contributed by atoms with E-state index >= 15 is 0 Å². The van der Waals surface area contributed by atoms with E-state index in [0.717, 1.165) is 16.8 Å². The lowest BCUT2D eigenvalue weighted by atomic mass is 10.2. The van der Waals surface area contributed by atoms with Crippen LogP contribution >= 0.6 is 0 Å². The van der Waals surface area contributed by atoms with Gasteiger partial charge in [-0.05, 0) is 25.5 Å². The minimum atomic E-state index is 0.0777. The summed E-state index contributed by atoms with van der Waals surface area (Å²) in [6.07, 6.45) is 4.31. The second-order valence-electron chi connectivity index (χ2n) is 3.10. The first kappa shape index (κ1) is 8.78. The zero-order chi connectivity index (χ0) is 9.14. The van der Waals surface area contributed by atoms with Gasteiger partial charge in [-0.2, -0.15) is 0 Å². The molecule has 1 aliphatic heterocycles. The first-order valence-corrected chi connectivity index (χ1v) is 3.93. The van der Waals surface area contributed by atoms with Crippen LogP contribution in [0.25, 0.3) is 0 Å². The van der Waals surface area contributed by atoms with Gasteiger partial charge in [0.25, 0.3) is 0 Å². The first-order chi connectivity index (χ1) is 5.59. The zero-order valence-corrected chi connectivity index (χ0v) is 7.48. The summed E-state index contributed by atoms with van der Waals surface area (Å²) < 4.78 is 0. The summed E-state index contributed by atoms with van der Waals surface area (Å²) in [6, 6.07) is 0. The molecule has 0 unspecified atom stereocenters. The summed E-state index contributed by atoms with van der Waals surface area (Å²) in [5.74, 6) is 0.0777. The molecule has 1 amide bonds. The number of carbonyl (C=O) groups excluding carboxylic acids is 1. The molecule has 1 aliphatic rings. The van der Waals surface area contributed by atoms with Crippen LogP contribution in [0, 0.1) is 0 Å². The summed E-state index contributed by atoms with van der Waals surface area (Å²) in [5.41, 5.74) is 3.00. The van der Waals surface area contributed by atoms with Crippen molar-refractivity contribution in [2.45, 2.75) is 20.3 Å². The predicted octanol–water partition coefficient (Wildman–Crippen LogP) is 1.91. The van der Waals surface area contributed by atoms with Gasteiger partial charge < -0.3 is 5.32 Å². The molecule has 1 rings (SSSR count). The Bertz CT molecular complexity index is 284. The lowest BCUT2D eigenvalue weighted by Gasteiger charge is -1.95. The second kappa shape index (κ2) is 3.39. The SMILES string of the molecule is C=C(C)/C=C\C1=C(C)CC(=O)N1. The number of allylic oxidation sites excluding steroid dienone is 3. The van der Waals surface area contributed by atoms with Crippen molar-refractivity contribution in [1.29, 1.82) is 0 Å². The maximum atomic E-state index is 10.9. The van der Waals surface area contributed by atoms with Gasteiger partial charge >= 0.3 is 0 Å². The normalized spacial score (nSPS) is 17.3. The Balaban J connectivity index is 2.70. The van der Waals surface area contributed by atoms with Crippen molar-refractivity contribution >= 4 is 5.91 Å². The molecule has 1 N–H and O–H groups in total. The van der Waals surface area contributed by atoms with Crippen molar-refractivity contribution in [1.82, 2.24) is 5.32 Å². The third kappa shape index (κ3) is 2.09. The highest BCUT2D eigenvalue weighted by Gasteiger charge is 2.14. The van der Waals surface area contributed by atoms with E-state index in [1.807, 2.05) is 26.0 Å². The van der Waals surface area contributed by atoms with Gasteiger partial charge in [0.05, 0.1) is 0 Å². The molecule has 0 spiro atoms. The van der Waals surface area contributed by atoms with Crippen molar-refractivity contribution in [3.8, 4) is 0 Å². The van der Waals surface area contributed by atoms with E-state index < -0.39 is 0 Å². The van der Waals surface area contributed by atoms with Gasteiger partial charge in [-0.15, -0.1) is 0 Å². The smallest absolute Gasteiger partial charge is 0.228 e. The number of carbonyl (C=O) groups is 1. The third-order valence-corrected chi connectivity index (χ3v) is 1.69. The average molecular weight is 163 g/mol. The largest absolute Gasteiger partial charge is 0.326 e. The van der Waals surface area contributed by atoms with Crippen LogP contribution in [-0.4, -0.2) is 5.91 Å². The summed E-state index contributed by atoms with van der Waals surface area (Å²) in [4.78, 5) is 10.9. The Morgan fingerprint density at radius 2 is 2.33 bits per heavy atom. The molecule has 0 aromatic carbocycles. The fourth-order valence-electron chi connectivity index (χ4n) is 1.05. The van der Waals surface area contributed by atoms with E-state index in [1.54, 1.807) is 0 Å². The van der Waals surface area contributed by atoms with E-state index in [9.17, 15) is 4.79 Å². The Morgan fingerprint density at radius 3 is 2.75 bits per heavy atom. The maximum absolute atomic E-state index is 10.9. The number of nitrogens with one attached hydrogen (secondary N) is 1. The van der Waals surface area contributed by atoms with Crippen molar-refractivity contribution in [3.05, 3.63) is 35.6 Å². The minimum absolute atomic E-state index is 0.0777. The number of rotatable bonds is 2. The Hall–Kier alpha value is -1.31. The molecule has 0 bridgehead atoms. The molecule has 2 nitrogen and oxygen atoms in total. The molecule has 0 radical (unpaired) electrons. The van der Waals surface area contributed by atoms with E-state index in [2.05, 4.69) is 11.9 Å². The number of hydrogen-bond donors (Lipinski definition) is 1. The van der Waals surface area contributed by atoms with Crippen molar-refractivity contribution in [2.24, 2.45) is 0 Å². The van der Waals surface area contributed by atoms with Crippen LogP contribution in [0.1, 0.15) is 20.3 Å². The summed E-state index contributed by atoms with van der Waals surface area (Å²) in [7, 11) is 0. The van der Waals surface area contributed by atoms with Gasteiger partial charge in [0.2, 0.25) is 5.91 Å². The highest BCUT2D eigenvalue weighted by Crippen LogP contribution is 2.14. The van der Waals surface area contributed by atoms with Crippen molar-refractivity contribution in [3.63, 3.8) is 0 Å². The molecule has 0 aromatic heterocycles. The molecule has 0 fully saturated rings. The molecule has 12 heavy (non-hydrogen) atoms. The monoisotopic (exact) mass is 163 g/mol. The molecule has 0 atom stereocenters. The molecule has 2 heteroatoms. The summed E-state index contributed by atoms with van der Waals surface area (Å²) in [6.45, 7) is 7.61. The highest BCUT2D eigenvalue weighted by molar-refractivity contribution is 5.84. The molecular weight excluding hydrogens is 150 g/mol. The molecule has 0 aromatic rings. The van der Waals surface area contributed by atoms with Gasteiger partial charge in [-0.3, -0.25) is 4.79 Å². The molecular formula is C10H13NO. The second-order valence-corrected chi connectivity index (χ2v) is 3.10. The van der Waals surface area contributed by atoms with E-state index in [4.69, 9.17) is 0 Å². The number of amides is 1. The van der Waals surface area contributed by atoms with Crippen LogP contribution in [0.15, 0.2) is 35.6 Å². The lowest BCUT2D eigenvalue weighted by Crippen LogP contribution is -2.13. The van der Waals surface area contributed by atoms with E-state index in [0.29, 0.717) is 6.42 Å². The van der Waals surface area contributed by atoms with Gasteiger partial charge in [0.15, 0.2) is 0 Å². The highest BCUT2D eigenvalue weighted by atomic mass is 16.1. The van der Waals surface area contributed by atoms with Gasteiger partial charge in [0.1, 0.15) is 0 Å². The topological polar surface area (TPSA) is 29.1 Å². The summed E-state index contributed by atoms with van der Waals surface area (Å²) >= 11 is 0. The third-order valence-electron chi connectivity index (χ3n) is 1.69. The fraction of sp³-hybridized carbons (Fsp3) is 0.300. The maximum Gasteiger partial charge on any atom is 0.228 e. The van der Waals surface area contributed by atoms with Crippen LogP contribution in [0.4, 0.5) is 0 Å². The minimum Gasteiger partial charge on any atom is -0.326 e. The average Bonchev–Trinajstić information content (AvgIpc) is 2.26. The molecule has 0 aliphatic carbocycles. The lowest BCUT2D eigenvalue weighted by molar-refractivity contribution is -0.118. The van der Waals surface area contributed by atoms with Crippen LogP contribution in [-0.2, 0) is 4.79 Å². The Morgan fingerprint density at radius 1 is 1.67 bits per heavy atom. The zero-order valence-electron chi connectivity index (χ0n) is 7.48. The Kier molecular flexibility index (Phi) is 2.48. The van der Waals surface area contributed by atoms with E-state index in [1.165, 1.54) is 0 Å². The quantitative estimate of drug-likeness (QED) is 0.619. The van der Waals surface area contributed by atoms with E-state index in [-0.39, 0.29) is 5.91 Å². The van der Waals surface area contributed by atoms with Gasteiger partial charge in [0, 0.05) is 12.1 Å². The fourth-order valence-corrected chi connectivity index (χ4v) is 1.05. The van der Waals surface area contributed by atoms with Crippen LogP contribution in [0.5, 0.6) is 0 Å². The number of hydrogen-bond acceptors (Lipinski definition) is 1. The van der Waals surface area contributed by atoms with Crippen LogP contribution in [0.2, 0.25) is 0 Å². The van der Waals surface area contributed by atoms with Crippen molar-refractivity contribution in [2.75, 3.05) is 0 Å². The summed E-state index contributed by atoms with van der Waals surface area (Å²) in [5, 5.41) is 2.77. The van der Waals surface area contributed by atoms with Crippen LogP contribution in [0.3, 0.4) is 0 Å². The van der Waals surface area contributed by atoms with Crippen LogP contribution < -0.4 is 5.32 Å². The van der Waals surface area contributed by atoms with Crippen molar-refractivity contribution < 1.29 is 4.79 Å². The van der Waals surface area contributed by atoms with Gasteiger partial charge in [-0.1, -0.05) is 18.2 Å². The predicted molar refractivity (Wildman–Crippen MR) is 49.4 cm³/mol. The molecule has 0 saturated carbocycles.